The van der Waals surface area contributed by atoms with Crippen LogP contribution in [0, 0.1) is 6.92 Å². The molecule has 1 atom stereocenters. The number of sulfonamides is 1. The number of rotatable bonds is 3. The lowest BCUT2D eigenvalue weighted by Crippen LogP contribution is -2.46. The molecule has 0 unspecified atom stereocenters. The van der Waals surface area contributed by atoms with Crippen molar-refractivity contribution in [2.24, 2.45) is 0 Å². The molecule has 1 aliphatic rings. The molecule has 0 radical (unpaired) electrons. The normalized spacial score (nSPS) is 21.5. The van der Waals surface area contributed by atoms with Gasteiger partial charge in [0.15, 0.2) is 0 Å². The molecule has 7 nitrogen and oxygen atoms in total. The molecule has 0 amide bonds. The van der Waals surface area contributed by atoms with Gasteiger partial charge in [0, 0.05) is 18.7 Å². The maximum Gasteiger partial charge on any atom is 0.371 e. The number of hydrogen-bond donors (Lipinski definition) is 1. The van der Waals surface area contributed by atoms with E-state index in [4.69, 9.17) is 14.3 Å². The standard InChI is InChI=1S/C11H15NO6S/c1-7-6-17-4-3-12(7)19(15,16)10-5-9(11(13)14)18-8(10)2/h5,7H,3-4,6H2,1-2H3,(H,13,14)/t7-/m0/s1. The zero-order valence-electron chi connectivity index (χ0n) is 10.6. The number of ether oxygens (including phenoxy) is 1. The van der Waals surface area contributed by atoms with E-state index in [9.17, 15) is 13.2 Å². The Bertz CT molecular complexity index is 590. The highest BCUT2D eigenvalue weighted by Crippen LogP contribution is 2.26. The van der Waals surface area contributed by atoms with Crippen LogP contribution in [-0.4, -0.2) is 49.6 Å². The van der Waals surface area contributed by atoms with Crippen LogP contribution in [0.15, 0.2) is 15.4 Å². The molecule has 1 aromatic heterocycles. The molecule has 8 heteroatoms. The van der Waals surface area contributed by atoms with Crippen molar-refractivity contribution < 1.29 is 27.5 Å². The molecule has 106 valence electrons. The van der Waals surface area contributed by atoms with Crippen LogP contribution < -0.4 is 0 Å². The minimum Gasteiger partial charge on any atom is -0.475 e. The number of carboxylic acids is 1. The summed E-state index contributed by atoms with van der Waals surface area (Å²) in [7, 11) is -3.76. The minimum absolute atomic E-state index is 0.0797. The first kappa shape index (κ1) is 14.0. The fraction of sp³-hybridized carbons (Fsp3) is 0.545. The van der Waals surface area contributed by atoms with Crippen LogP contribution in [0.1, 0.15) is 23.2 Å². The van der Waals surface area contributed by atoms with Crippen LogP contribution in [0.4, 0.5) is 0 Å². The summed E-state index contributed by atoms with van der Waals surface area (Å²) in [5.41, 5.74) is 0. The quantitative estimate of drug-likeness (QED) is 0.879. The minimum atomic E-state index is -3.76. The van der Waals surface area contributed by atoms with Crippen molar-refractivity contribution in [2.75, 3.05) is 19.8 Å². The molecule has 0 spiro atoms. The van der Waals surface area contributed by atoms with Gasteiger partial charge in [-0.05, 0) is 13.8 Å². The second kappa shape index (κ2) is 4.95. The van der Waals surface area contributed by atoms with Crippen molar-refractivity contribution >= 4 is 16.0 Å². The Morgan fingerprint density at radius 3 is 2.74 bits per heavy atom. The molecule has 2 rings (SSSR count). The maximum atomic E-state index is 12.5. The molecule has 0 aromatic carbocycles. The van der Waals surface area contributed by atoms with Gasteiger partial charge in [0.1, 0.15) is 10.7 Å². The number of nitrogens with zero attached hydrogens (tertiary/aromatic N) is 1. The second-order valence-corrected chi connectivity index (χ2v) is 6.23. The van der Waals surface area contributed by atoms with E-state index in [0.717, 1.165) is 6.07 Å². The van der Waals surface area contributed by atoms with E-state index in [1.807, 2.05) is 0 Å². The number of aromatic carboxylic acids is 1. The zero-order valence-corrected chi connectivity index (χ0v) is 11.4. The third-order valence-electron chi connectivity index (χ3n) is 2.98. The van der Waals surface area contributed by atoms with E-state index in [1.54, 1.807) is 6.92 Å². The van der Waals surface area contributed by atoms with Gasteiger partial charge >= 0.3 is 5.97 Å². The Kier molecular flexibility index (Phi) is 3.66. The largest absolute Gasteiger partial charge is 0.475 e. The Labute approximate surface area is 110 Å². The van der Waals surface area contributed by atoms with E-state index in [0.29, 0.717) is 13.2 Å². The van der Waals surface area contributed by atoms with Crippen LogP contribution >= 0.6 is 0 Å². The molecule has 1 saturated heterocycles. The summed E-state index contributed by atoms with van der Waals surface area (Å²) in [6, 6.07) is 0.760. The fourth-order valence-corrected chi connectivity index (χ4v) is 3.79. The summed E-state index contributed by atoms with van der Waals surface area (Å²) in [5.74, 6) is -1.59. The summed E-state index contributed by atoms with van der Waals surface area (Å²) in [6.45, 7) is 4.07. The van der Waals surface area contributed by atoms with E-state index >= 15 is 0 Å². The highest BCUT2D eigenvalue weighted by molar-refractivity contribution is 7.89. The molecule has 0 saturated carbocycles. The number of carbonyl (C=O) groups is 1. The lowest BCUT2D eigenvalue weighted by molar-refractivity contribution is 0.0392. The van der Waals surface area contributed by atoms with Gasteiger partial charge in [0.05, 0.1) is 13.2 Å². The van der Waals surface area contributed by atoms with Crippen LogP contribution in [0.3, 0.4) is 0 Å². The Morgan fingerprint density at radius 1 is 1.53 bits per heavy atom. The first-order valence-electron chi connectivity index (χ1n) is 5.77. The van der Waals surface area contributed by atoms with Gasteiger partial charge in [-0.2, -0.15) is 4.31 Å². The van der Waals surface area contributed by atoms with Crippen molar-refractivity contribution in [1.82, 2.24) is 4.31 Å². The average molecular weight is 289 g/mol. The SMILES string of the molecule is Cc1oc(C(=O)O)cc1S(=O)(=O)N1CCOC[C@@H]1C. The number of carboxylic acid groups (broad SMARTS) is 1. The third kappa shape index (κ3) is 2.51. The average Bonchev–Trinajstić information content (AvgIpc) is 2.72. The second-order valence-electron chi connectivity index (χ2n) is 4.38. The maximum absolute atomic E-state index is 12.5. The molecule has 1 aromatic rings. The van der Waals surface area contributed by atoms with Gasteiger partial charge in [-0.1, -0.05) is 0 Å². The summed E-state index contributed by atoms with van der Waals surface area (Å²) >= 11 is 0. The van der Waals surface area contributed by atoms with E-state index in [-0.39, 0.29) is 29.0 Å². The Hall–Kier alpha value is -1.38. The molecule has 1 N–H and O–H groups in total. The fourth-order valence-electron chi connectivity index (χ4n) is 2.02. The van der Waals surface area contributed by atoms with Crippen LogP contribution in [0.2, 0.25) is 0 Å². The van der Waals surface area contributed by atoms with Crippen molar-refractivity contribution in [3.05, 3.63) is 17.6 Å². The van der Waals surface area contributed by atoms with Crippen LogP contribution in [0.25, 0.3) is 0 Å². The molecular formula is C11H15NO6S. The summed E-state index contributed by atoms with van der Waals surface area (Å²) in [4.78, 5) is 10.7. The van der Waals surface area contributed by atoms with Gasteiger partial charge in [0.2, 0.25) is 15.8 Å². The van der Waals surface area contributed by atoms with Gasteiger partial charge < -0.3 is 14.3 Å². The lowest BCUT2D eigenvalue weighted by Gasteiger charge is -2.31. The number of morpholine rings is 1. The van der Waals surface area contributed by atoms with E-state index < -0.39 is 16.0 Å². The lowest BCUT2D eigenvalue weighted by atomic mass is 10.3. The highest BCUT2D eigenvalue weighted by atomic mass is 32.2. The summed E-state index contributed by atoms with van der Waals surface area (Å²) in [6.07, 6.45) is 0. The van der Waals surface area contributed by atoms with E-state index in [1.165, 1.54) is 11.2 Å². The van der Waals surface area contributed by atoms with Crippen molar-refractivity contribution in [2.45, 2.75) is 24.8 Å². The molecule has 1 fully saturated rings. The van der Waals surface area contributed by atoms with Crippen molar-refractivity contribution in [3.8, 4) is 0 Å². The molecule has 0 aliphatic carbocycles. The molecule has 1 aliphatic heterocycles. The number of furan rings is 1. The monoisotopic (exact) mass is 289 g/mol. The molecule has 19 heavy (non-hydrogen) atoms. The predicted molar refractivity (Wildman–Crippen MR) is 64.6 cm³/mol. The summed E-state index contributed by atoms with van der Waals surface area (Å²) in [5, 5.41) is 8.83. The third-order valence-corrected chi connectivity index (χ3v) is 5.10. The van der Waals surface area contributed by atoms with Crippen molar-refractivity contribution in [3.63, 3.8) is 0 Å². The molecule has 0 bridgehead atoms. The molecular weight excluding hydrogens is 274 g/mol. The van der Waals surface area contributed by atoms with Gasteiger partial charge in [-0.25, -0.2) is 13.2 Å². The topological polar surface area (TPSA) is 97.0 Å². The van der Waals surface area contributed by atoms with E-state index in [2.05, 4.69) is 0 Å². The highest BCUT2D eigenvalue weighted by Gasteiger charge is 2.34. The first-order valence-corrected chi connectivity index (χ1v) is 7.21. The summed E-state index contributed by atoms with van der Waals surface area (Å²) < 4.78 is 36.4. The first-order chi connectivity index (χ1) is 8.84. The predicted octanol–water partition coefficient (Wildman–Crippen LogP) is 0.696. The smallest absolute Gasteiger partial charge is 0.371 e. The number of aryl methyl sites for hydroxylation is 1. The van der Waals surface area contributed by atoms with Crippen LogP contribution in [-0.2, 0) is 14.8 Å². The number of hydrogen-bond acceptors (Lipinski definition) is 5. The Morgan fingerprint density at radius 2 is 2.21 bits per heavy atom. The van der Waals surface area contributed by atoms with Crippen LogP contribution in [0.5, 0.6) is 0 Å². The van der Waals surface area contributed by atoms with Gasteiger partial charge in [0.25, 0.3) is 0 Å². The molecule has 2 heterocycles. The Balaban J connectivity index is 2.41. The van der Waals surface area contributed by atoms with Gasteiger partial charge in [-0.3, -0.25) is 0 Å². The van der Waals surface area contributed by atoms with Crippen molar-refractivity contribution in [1.29, 1.82) is 0 Å². The van der Waals surface area contributed by atoms with Gasteiger partial charge in [-0.15, -0.1) is 0 Å². The zero-order chi connectivity index (χ0) is 14.2.